The van der Waals surface area contributed by atoms with Crippen LogP contribution in [0, 0.1) is 7.05 Å². The van der Waals surface area contributed by atoms with Gasteiger partial charge in [0.25, 0.3) is 6.43 Å². The van der Waals surface area contributed by atoms with Crippen molar-refractivity contribution in [3.05, 3.63) is 37.1 Å². The second kappa shape index (κ2) is 2.80. The van der Waals surface area contributed by atoms with Gasteiger partial charge in [0.2, 0.25) is 0 Å². The largest absolute Gasteiger partial charge is 0.321 e. The topological polar surface area (TPSA) is 17.8 Å². The van der Waals surface area contributed by atoms with Crippen molar-refractivity contribution in [1.82, 2.24) is 9.55 Å². The zero-order valence-electron chi connectivity index (χ0n) is 6.74. The number of alkyl halides is 2. The number of rotatable bonds is 1. The van der Waals surface area contributed by atoms with Crippen LogP contribution in [0.1, 0.15) is 12.2 Å². The van der Waals surface area contributed by atoms with Gasteiger partial charge >= 0.3 is 0 Å². The zero-order chi connectivity index (χ0) is 9.42. The van der Waals surface area contributed by atoms with Crippen LogP contribution in [0.3, 0.4) is 0 Å². The zero-order valence-corrected chi connectivity index (χ0v) is 6.74. The summed E-state index contributed by atoms with van der Waals surface area (Å²) in [4.78, 5) is 3.76. The first kappa shape index (κ1) is 8.16. The number of para-hydroxylation sites is 2. The third kappa shape index (κ3) is 1.18. The predicted molar refractivity (Wildman–Crippen MR) is 45.4 cm³/mol. The first-order valence-electron chi connectivity index (χ1n) is 3.76. The SMILES string of the molecule is [CH2]n1c(C(F)F)nc2ccccc21. The highest BCUT2D eigenvalue weighted by atomic mass is 19.3. The normalized spacial score (nSPS) is 11.4. The van der Waals surface area contributed by atoms with E-state index in [-0.39, 0.29) is 5.82 Å². The van der Waals surface area contributed by atoms with Crippen LogP contribution in [0.2, 0.25) is 0 Å². The van der Waals surface area contributed by atoms with Crippen molar-refractivity contribution < 1.29 is 8.78 Å². The Morgan fingerprint density at radius 3 is 2.62 bits per heavy atom. The molecule has 2 nitrogen and oxygen atoms in total. The van der Waals surface area contributed by atoms with E-state index in [1.165, 1.54) is 4.57 Å². The monoisotopic (exact) mass is 181 g/mol. The van der Waals surface area contributed by atoms with Crippen LogP contribution in [0.15, 0.2) is 24.3 Å². The van der Waals surface area contributed by atoms with Gasteiger partial charge in [0.1, 0.15) is 0 Å². The summed E-state index contributed by atoms with van der Waals surface area (Å²) in [5.41, 5.74) is 1.17. The minimum atomic E-state index is -2.58. The maximum atomic E-state index is 12.3. The maximum absolute atomic E-state index is 12.3. The van der Waals surface area contributed by atoms with Gasteiger partial charge in [-0.05, 0) is 12.1 Å². The van der Waals surface area contributed by atoms with Crippen LogP contribution in [-0.4, -0.2) is 9.55 Å². The molecule has 1 radical (unpaired) electrons. The Morgan fingerprint density at radius 2 is 2.00 bits per heavy atom. The van der Waals surface area contributed by atoms with E-state index in [4.69, 9.17) is 0 Å². The van der Waals surface area contributed by atoms with Crippen molar-refractivity contribution in [2.45, 2.75) is 6.43 Å². The Hall–Kier alpha value is -1.45. The average Bonchev–Trinajstić information content (AvgIpc) is 2.45. The molecule has 1 heterocycles. The van der Waals surface area contributed by atoms with Gasteiger partial charge in [-0.25, -0.2) is 13.8 Å². The lowest BCUT2D eigenvalue weighted by molar-refractivity contribution is 0.139. The minimum Gasteiger partial charge on any atom is -0.321 e. The van der Waals surface area contributed by atoms with Crippen LogP contribution >= 0.6 is 0 Å². The number of hydrogen-bond donors (Lipinski definition) is 0. The van der Waals surface area contributed by atoms with E-state index in [0.717, 1.165) is 0 Å². The molecule has 67 valence electrons. The Labute approximate surface area is 73.8 Å². The molecule has 0 spiro atoms. The molecule has 0 amide bonds. The Morgan fingerprint density at radius 1 is 1.31 bits per heavy atom. The molecule has 0 atom stereocenters. The maximum Gasteiger partial charge on any atom is 0.295 e. The number of benzene rings is 1. The first-order valence-corrected chi connectivity index (χ1v) is 3.76. The fourth-order valence-corrected chi connectivity index (χ4v) is 1.26. The second-order valence-electron chi connectivity index (χ2n) is 2.69. The molecule has 0 aliphatic heterocycles. The molecule has 13 heavy (non-hydrogen) atoms. The summed E-state index contributed by atoms with van der Waals surface area (Å²) in [5, 5.41) is 0. The number of hydrogen-bond acceptors (Lipinski definition) is 1. The minimum absolute atomic E-state index is 0.291. The van der Waals surface area contributed by atoms with Gasteiger partial charge in [0.15, 0.2) is 5.82 Å². The molecule has 0 saturated carbocycles. The molecule has 0 N–H and O–H groups in total. The van der Waals surface area contributed by atoms with Crippen LogP contribution in [0.4, 0.5) is 8.78 Å². The van der Waals surface area contributed by atoms with Gasteiger partial charge in [0.05, 0.1) is 11.0 Å². The molecule has 0 bridgehead atoms. The molecular weight excluding hydrogens is 174 g/mol. The van der Waals surface area contributed by atoms with E-state index in [0.29, 0.717) is 11.0 Å². The standard InChI is InChI=1S/C9H7F2N2/c1-13-7-5-3-2-4-6(7)12-9(13)8(10)11/h2-5,8H,1H2. The third-order valence-corrected chi connectivity index (χ3v) is 1.88. The van der Waals surface area contributed by atoms with Crippen LogP contribution in [0.5, 0.6) is 0 Å². The molecule has 0 unspecified atom stereocenters. The first-order chi connectivity index (χ1) is 6.20. The summed E-state index contributed by atoms with van der Waals surface area (Å²) in [6.07, 6.45) is -2.58. The highest BCUT2D eigenvalue weighted by Gasteiger charge is 2.15. The highest BCUT2D eigenvalue weighted by molar-refractivity contribution is 5.76. The highest BCUT2D eigenvalue weighted by Crippen LogP contribution is 2.22. The number of aromatic nitrogens is 2. The molecule has 0 saturated heterocycles. The van der Waals surface area contributed by atoms with Crippen molar-refractivity contribution in [3.63, 3.8) is 0 Å². The molecular formula is C9H7F2N2. The summed E-state index contributed by atoms with van der Waals surface area (Å²) in [7, 11) is 3.50. The van der Waals surface area contributed by atoms with E-state index in [1.54, 1.807) is 24.3 Å². The van der Waals surface area contributed by atoms with Gasteiger partial charge in [-0.2, -0.15) is 0 Å². The van der Waals surface area contributed by atoms with Gasteiger partial charge in [-0.15, -0.1) is 0 Å². The lowest BCUT2D eigenvalue weighted by atomic mass is 10.3. The van der Waals surface area contributed by atoms with E-state index < -0.39 is 6.43 Å². The van der Waals surface area contributed by atoms with Crippen molar-refractivity contribution in [1.29, 1.82) is 0 Å². The van der Waals surface area contributed by atoms with Crippen molar-refractivity contribution in [2.75, 3.05) is 0 Å². The van der Waals surface area contributed by atoms with Crippen LogP contribution in [-0.2, 0) is 0 Å². The third-order valence-electron chi connectivity index (χ3n) is 1.88. The molecule has 1 aromatic heterocycles. The van der Waals surface area contributed by atoms with E-state index in [1.807, 2.05) is 0 Å². The Kier molecular flexibility index (Phi) is 1.76. The summed E-state index contributed by atoms with van der Waals surface area (Å²) in [6.45, 7) is 0. The molecule has 0 fully saturated rings. The number of nitrogens with zero attached hydrogens (tertiary/aromatic N) is 2. The summed E-state index contributed by atoms with van der Waals surface area (Å²) in [6, 6.07) is 6.91. The van der Waals surface area contributed by atoms with E-state index >= 15 is 0 Å². The van der Waals surface area contributed by atoms with Crippen molar-refractivity contribution in [2.24, 2.45) is 0 Å². The average molecular weight is 181 g/mol. The lowest BCUT2D eigenvalue weighted by Gasteiger charge is -1.98. The molecule has 1 aromatic carbocycles. The predicted octanol–water partition coefficient (Wildman–Crippen LogP) is 2.61. The summed E-state index contributed by atoms with van der Waals surface area (Å²) < 4.78 is 25.9. The molecule has 2 rings (SSSR count). The van der Waals surface area contributed by atoms with E-state index in [9.17, 15) is 8.78 Å². The van der Waals surface area contributed by atoms with Crippen molar-refractivity contribution >= 4 is 11.0 Å². The van der Waals surface area contributed by atoms with E-state index in [2.05, 4.69) is 12.0 Å². The molecule has 4 heteroatoms. The van der Waals surface area contributed by atoms with Gasteiger partial charge in [-0.1, -0.05) is 12.1 Å². The summed E-state index contributed by atoms with van der Waals surface area (Å²) in [5.74, 6) is -0.291. The number of imidazole rings is 1. The second-order valence-corrected chi connectivity index (χ2v) is 2.69. The van der Waals surface area contributed by atoms with Crippen LogP contribution < -0.4 is 0 Å². The van der Waals surface area contributed by atoms with Crippen LogP contribution in [0.25, 0.3) is 11.0 Å². The number of halogens is 2. The lowest BCUT2D eigenvalue weighted by Crippen LogP contribution is -1.95. The number of fused-ring (bicyclic) bond motifs is 1. The van der Waals surface area contributed by atoms with Gasteiger partial charge in [0, 0.05) is 7.05 Å². The van der Waals surface area contributed by atoms with Gasteiger partial charge in [-0.3, -0.25) is 0 Å². The van der Waals surface area contributed by atoms with Crippen molar-refractivity contribution in [3.8, 4) is 0 Å². The van der Waals surface area contributed by atoms with Gasteiger partial charge < -0.3 is 4.57 Å². The Balaban J connectivity index is 2.74. The molecule has 0 aliphatic carbocycles. The molecule has 2 aromatic rings. The fourth-order valence-electron chi connectivity index (χ4n) is 1.26. The fraction of sp³-hybridized carbons (Fsp3) is 0.111. The smallest absolute Gasteiger partial charge is 0.295 e. The molecule has 0 aliphatic rings. The summed E-state index contributed by atoms with van der Waals surface area (Å²) >= 11 is 0. The Bertz CT molecular complexity index is 434. The quantitative estimate of drug-likeness (QED) is 0.661.